The predicted molar refractivity (Wildman–Crippen MR) is 44.7 cm³/mol. The van der Waals surface area contributed by atoms with E-state index < -0.39 is 24.7 Å². The van der Waals surface area contributed by atoms with Crippen molar-refractivity contribution in [3.05, 3.63) is 23.3 Å². The summed E-state index contributed by atoms with van der Waals surface area (Å²) >= 11 is 0. The van der Waals surface area contributed by atoms with E-state index in [-0.39, 0.29) is 17.8 Å². The normalized spacial score (nSPS) is 11.6. The van der Waals surface area contributed by atoms with Crippen molar-refractivity contribution in [2.24, 2.45) is 5.73 Å². The molecule has 8 heteroatoms. The van der Waals surface area contributed by atoms with Crippen molar-refractivity contribution < 1.29 is 27.4 Å². The molecule has 0 atom stereocenters. The number of hydrogen-bond donors (Lipinski definition) is 2. The Morgan fingerprint density at radius 2 is 2.06 bits per heavy atom. The zero-order valence-corrected chi connectivity index (χ0v) is 7.88. The number of hydrogen-bond acceptors (Lipinski definition) is 4. The lowest BCUT2D eigenvalue weighted by Gasteiger charge is -2.13. The van der Waals surface area contributed by atoms with Crippen molar-refractivity contribution in [1.29, 1.82) is 0 Å². The maximum Gasteiger partial charge on any atom is 0.573 e. The van der Waals surface area contributed by atoms with E-state index >= 15 is 0 Å². The zero-order chi connectivity index (χ0) is 12.3. The number of alkyl halides is 3. The van der Waals surface area contributed by atoms with Crippen LogP contribution in [0.2, 0.25) is 0 Å². The SMILES string of the molecule is NCc1cc(CO)nc(F)c1OC(F)(F)F. The van der Waals surface area contributed by atoms with Gasteiger partial charge < -0.3 is 15.6 Å². The number of pyridine rings is 1. The number of halogens is 4. The molecule has 90 valence electrons. The summed E-state index contributed by atoms with van der Waals surface area (Å²) in [6.45, 7) is -0.964. The monoisotopic (exact) mass is 240 g/mol. The highest BCUT2D eigenvalue weighted by Crippen LogP contribution is 2.28. The molecule has 0 spiro atoms. The lowest BCUT2D eigenvalue weighted by molar-refractivity contribution is -0.276. The van der Waals surface area contributed by atoms with Crippen LogP contribution in [0.15, 0.2) is 6.07 Å². The van der Waals surface area contributed by atoms with E-state index in [1.165, 1.54) is 0 Å². The molecule has 0 saturated heterocycles. The van der Waals surface area contributed by atoms with Crippen LogP contribution in [0.3, 0.4) is 0 Å². The van der Waals surface area contributed by atoms with Gasteiger partial charge in [0, 0.05) is 12.1 Å². The molecule has 0 aliphatic carbocycles. The Bertz CT molecular complexity index is 381. The molecular weight excluding hydrogens is 232 g/mol. The minimum Gasteiger partial charge on any atom is -0.401 e. The van der Waals surface area contributed by atoms with Crippen molar-refractivity contribution in [2.45, 2.75) is 19.5 Å². The first-order valence-electron chi connectivity index (χ1n) is 4.12. The molecule has 0 unspecified atom stereocenters. The van der Waals surface area contributed by atoms with Crippen molar-refractivity contribution in [3.63, 3.8) is 0 Å². The summed E-state index contributed by atoms with van der Waals surface area (Å²) in [5.74, 6) is -2.52. The Morgan fingerprint density at radius 1 is 1.44 bits per heavy atom. The van der Waals surface area contributed by atoms with E-state index in [1.807, 2.05) is 0 Å². The third-order valence-corrected chi connectivity index (χ3v) is 1.66. The third kappa shape index (κ3) is 3.04. The molecule has 0 radical (unpaired) electrons. The topological polar surface area (TPSA) is 68.4 Å². The lowest BCUT2D eigenvalue weighted by Crippen LogP contribution is -2.20. The van der Waals surface area contributed by atoms with Crippen LogP contribution < -0.4 is 10.5 Å². The summed E-state index contributed by atoms with van der Waals surface area (Å²) < 4.78 is 52.3. The first kappa shape index (κ1) is 12.7. The Balaban J connectivity index is 3.16. The fourth-order valence-corrected chi connectivity index (χ4v) is 1.06. The molecule has 0 aliphatic heterocycles. The highest BCUT2D eigenvalue weighted by atomic mass is 19.4. The highest BCUT2D eigenvalue weighted by Gasteiger charge is 2.34. The number of nitrogens with zero attached hydrogens (tertiary/aromatic N) is 1. The highest BCUT2D eigenvalue weighted by molar-refractivity contribution is 5.33. The average molecular weight is 240 g/mol. The Kier molecular flexibility index (Phi) is 3.66. The molecule has 16 heavy (non-hydrogen) atoms. The van der Waals surface area contributed by atoms with Crippen LogP contribution in [0.25, 0.3) is 0 Å². The molecule has 1 heterocycles. The number of aromatic nitrogens is 1. The number of rotatable bonds is 3. The molecule has 4 nitrogen and oxygen atoms in total. The molecule has 0 amide bonds. The Hall–Kier alpha value is -1.41. The standard InChI is InChI=1S/C8H8F4N2O2/c9-7-6(16-8(10,11)12)4(2-13)1-5(3-15)14-7/h1,15H,2-3,13H2. The van der Waals surface area contributed by atoms with Gasteiger partial charge >= 0.3 is 6.36 Å². The van der Waals surface area contributed by atoms with Crippen LogP contribution in [-0.2, 0) is 13.2 Å². The zero-order valence-electron chi connectivity index (χ0n) is 7.88. The molecule has 3 N–H and O–H groups in total. The van der Waals surface area contributed by atoms with Gasteiger partial charge in [0.1, 0.15) is 0 Å². The van der Waals surface area contributed by atoms with Crippen LogP contribution in [0.4, 0.5) is 17.6 Å². The van der Waals surface area contributed by atoms with Crippen LogP contribution in [0.5, 0.6) is 5.75 Å². The third-order valence-electron chi connectivity index (χ3n) is 1.66. The minimum absolute atomic E-state index is 0.118. The fraction of sp³-hybridized carbons (Fsp3) is 0.375. The molecule has 1 aromatic heterocycles. The van der Waals surface area contributed by atoms with Gasteiger partial charge in [-0.3, -0.25) is 0 Å². The molecular formula is C8H8F4N2O2. The summed E-state index contributed by atoms with van der Waals surface area (Å²) in [5.41, 5.74) is 4.81. The van der Waals surface area contributed by atoms with E-state index in [2.05, 4.69) is 9.72 Å². The molecule has 1 rings (SSSR count). The van der Waals surface area contributed by atoms with E-state index in [1.54, 1.807) is 0 Å². The maximum atomic E-state index is 13.1. The van der Waals surface area contributed by atoms with Gasteiger partial charge in [0.2, 0.25) is 0 Å². The lowest BCUT2D eigenvalue weighted by atomic mass is 10.2. The second kappa shape index (κ2) is 4.62. The van der Waals surface area contributed by atoms with Gasteiger partial charge in [0.15, 0.2) is 5.75 Å². The molecule has 0 bridgehead atoms. The van der Waals surface area contributed by atoms with Gasteiger partial charge in [0.25, 0.3) is 5.95 Å². The van der Waals surface area contributed by atoms with Crippen molar-refractivity contribution in [1.82, 2.24) is 4.98 Å². The Morgan fingerprint density at radius 3 is 2.50 bits per heavy atom. The van der Waals surface area contributed by atoms with Crippen molar-refractivity contribution >= 4 is 0 Å². The summed E-state index contributed by atoms with van der Waals surface area (Å²) in [5, 5.41) is 8.67. The molecule has 0 fully saturated rings. The summed E-state index contributed by atoms with van der Waals surface area (Å²) in [6, 6.07) is 1.05. The first-order valence-corrected chi connectivity index (χ1v) is 4.12. The van der Waals surface area contributed by atoms with Crippen LogP contribution in [0, 0.1) is 5.95 Å². The molecule has 0 aromatic carbocycles. The quantitative estimate of drug-likeness (QED) is 0.612. The smallest absolute Gasteiger partial charge is 0.401 e. The number of nitrogens with two attached hydrogens (primary N) is 1. The van der Waals surface area contributed by atoms with E-state index in [4.69, 9.17) is 10.8 Å². The van der Waals surface area contributed by atoms with Gasteiger partial charge in [-0.15, -0.1) is 13.2 Å². The maximum absolute atomic E-state index is 13.1. The number of ether oxygens (including phenoxy) is 1. The molecule has 0 aliphatic rings. The molecule has 1 aromatic rings. The minimum atomic E-state index is -5.02. The van der Waals surface area contributed by atoms with Gasteiger partial charge in [-0.2, -0.15) is 4.39 Å². The van der Waals surface area contributed by atoms with Gasteiger partial charge in [-0.05, 0) is 6.07 Å². The van der Waals surface area contributed by atoms with Gasteiger partial charge in [-0.1, -0.05) is 0 Å². The fourth-order valence-electron chi connectivity index (χ4n) is 1.06. The van der Waals surface area contributed by atoms with E-state index in [0.29, 0.717) is 0 Å². The van der Waals surface area contributed by atoms with Crippen molar-refractivity contribution in [3.8, 4) is 5.75 Å². The van der Waals surface area contributed by atoms with E-state index in [9.17, 15) is 17.6 Å². The van der Waals surface area contributed by atoms with Crippen LogP contribution >= 0.6 is 0 Å². The number of aliphatic hydroxyl groups is 1. The molecule has 0 saturated carbocycles. The first-order chi connectivity index (χ1) is 7.37. The summed E-state index contributed by atoms with van der Waals surface area (Å²) in [7, 11) is 0. The van der Waals surface area contributed by atoms with Gasteiger partial charge in [-0.25, -0.2) is 4.98 Å². The van der Waals surface area contributed by atoms with Crippen molar-refractivity contribution in [2.75, 3.05) is 0 Å². The van der Waals surface area contributed by atoms with E-state index in [0.717, 1.165) is 6.07 Å². The number of aliphatic hydroxyl groups excluding tert-OH is 1. The second-order valence-corrected chi connectivity index (χ2v) is 2.80. The predicted octanol–water partition coefficient (Wildman–Crippen LogP) is 1.07. The largest absolute Gasteiger partial charge is 0.573 e. The van der Waals surface area contributed by atoms with Crippen LogP contribution in [0.1, 0.15) is 11.3 Å². The average Bonchev–Trinajstić information content (AvgIpc) is 2.19. The van der Waals surface area contributed by atoms with Gasteiger partial charge in [0.05, 0.1) is 12.3 Å². The van der Waals surface area contributed by atoms with Crippen LogP contribution in [-0.4, -0.2) is 16.5 Å². The summed E-state index contributed by atoms with van der Waals surface area (Å²) in [4.78, 5) is 3.09. The summed E-state index contributed by atoms with van der Waals surface area (Å²) in [6.07, 6.45) is -5.02. The second-order valence-electron chi connectivity index (χ2n) is 2.80. The Labute approximate surface area is 87.7 Å².